The summed E-state index contributed by atoms with van der Waals surface area (Å²) in [6.07, 6.45) is 2.53. The van der Waals surface area contributed by atoms with Crippen molar-refractivity contribution in [2.75, 3.05) is 13.2 Å². The van der Waals surface area contributed by atoms with Crippen molar-refractivity contribution in [3.05, 3.63) is 12.2 Å². The van der Waals surface area contributed by atoms with E-state index in [9.17, 15) is 0 Å². The number of ether oxygens (including phenoxy) is 1. The van der Waals surface area contributed by atoms with E-state index in [2.05, 4.69) is 15.2 Å². The third kappa shape index (κ3) is 1.21. The molecule has 1 aromatic rings. The van der Waals surface area contributed by atoms with Gasteiger partial charge in [0.2, 0.25) is 0 Å². The molecule has 3 N–H and O–H groups in total. The standard InChI is InChI=1S/C7H12N4O/c8-3-5-1-2-12-6(5)7-9-4-10-11-7/h4-6H,1-3,8H2,(H,9,10,11). The molecule has 5 nitrogen and oxygen atoms in total. The largest absolute Gasteiger partial charge is 0.370 e. The molecule has 2 heterocycles. The second kappa shape index (κ2) is 3.20. The first-order valence-corrected chi connectivity index (χ1v) is 4.08. The van der Waals surface area contributed by atoms with Crippen molar-refractivity contribution < 1.29 is 4.74 Å². The second-order valence-electron chi connectivity index (χ2n) is 2.95. The lowest BCUT2D eigenvalue weighted by molar-refractivity contribution is 0.0856. The number of nitrogens with zero attached hydrogens (tertiary/aromatic N) is 2. The molecule has 2 rings (SSSR count). The smallest absolute Gasteiger partial charge is 0.153 e. The van der Waals surface area contributed by atoms with Gasteiger partial charge in [0.05, 0.1) is 0 Å². The van der Waals surface area contributed by atoms with Gasteiger partial charge < -0.3 is 10.5 Å². The first kappa shape index (κ1) is 7.70. The van der Waals surface area contributed by atoms with Gasteiger partial charge in [-0.15, -0.1) is 0 Å². The maximum absolute atomic E-state index is 5.59. The summed E-state index contributed by atoms with van der Waals surface area (Å²) in [4.78, 5) is 4.05. The first-order chi connectivity index (χ1) is 5.92. The van der Waals surface area contributed by atoms with Crippen LogP contribution in [-0.4, -0.2) is 28.3 Å². The number of aromatic amines is 1. The number of rotatable bonds is 2. The number of aromatic nitrogens is 3. The van der Waals surface area contributed by atoms with Crippen LogP contribution in [0, 0.1) is 5.92 Å². The summed E-state index contributed by atoms with van der Waals surface area (Å²) in [6.45, 7) is 1.42. The van der Waals surface area contributed by atoms with Gasteiger partial charge in [0.25, 0.3) is 0 Å². The van der Waals surface area contributed by atoms with Gasteiger partial charge >= 0.3 is 0 Å². The van der Waals surface area contributed by atoms with Crippen LogP contribution in [0.25, 0.3) is 0 Å². The maximum atomic E-state index is 5.59. The van der Waals surface area contributed by atoms with E-state index in [1.54, 1.807) is 0 Å². The van der Waals surface area contributed by atoms with E-state index in [0.717, 1.165) is 18.9 Å². The van der Waals surface area contributed by atoms with E-state index in [1.807, 2.05) is 0 Å². The minimum Gasteiger partial charge on any atom is -0.370 e. The minimum atomic E-state index is 0.0255. The summed E-state index contributed by atoms with van der Waals surface area (Å²) in [5.41, 5.74) is 5.59. The van der Waals surface area contributed by atoms with Crippen molar-refractivity contribution in [3.63, 3.8) is 0 Å². The van der Waals surface area contributed by atoms with Gasteiger partial charge in [-0.2, -0.15) is 5.10 Å². The van der Waals surface area contributed by atoms with Crippen LogP contribution in [0.15, 0.2) is 6.33 Å². The number of hydrogen-bond donors (Lipinski definition) is 2. The monoisotopic (exact) mass is 168 g/mol. The fourth-order valence-corrected chi connectivity index (χ4v) is 1.53. The fourth-order valence-electron chi connectivity index (χ4n) is 1.53. The highest BCUT2D eigenvalue weighted by atomic mass is 16.5. The van der Waals surface area contributed by atoms with Crippen molar-refractivity contribution >= 4 is 0 Å². The molecule has 1 aliphatic rings. The third-order valence-electron chi connectivity index (χ3n) is 2.22. The number of hydrogen-bond acceptors (Lipinski definition) is 4. The zero-order valence-electron chi connectivity index (χ0n) is 6.73. The van der Waals surface area contributed by atoms with Crippen LogP contribution in [0.3, 0.4) is 0 Å². The summed E-state index contributed by atoms with van der Waals surface area (Å²) in [5.74, 6) is 1.18. The molecule has 66 valence electrons. The Labute approximate surface area is 70.3 Å². The third-order valence-corrected chi connectivity index (χ3v) is 2.22. The Morgan fingerprint density at radius 3 is 3.33 bits per heavy atom. The van der Waals surface area contributed by atoms with Gasteiger partial charge in [-0.25, -0.2) is 4.98 Å². The average molecular weight is 168 g/mol. The maximum Gasteiger partial charge on any atom is 0.153 e. The lowest BCUT2D eigenvalue weighted by Crippen LogP contribution is -2.18. The van der Waals surface area contributed by atoms with Crippen LogP contribution >= 0.6 is 0 Å². The summed E-state index contributed by atoms with van der Waals surface area (Å²) in [7, 11) is 0. The van der Waals surface area contributed by atoms with Crippen LogP contribution in [-0.2, 0) is 4.74 Å². The molecule has 2 unspecified atom stereocenters. The van der Waals surface area contributed by atoms with Crippen LogP contribution < -0.4 is 5.73 Å². The average Bonchev–Trinajstić information content (AvgIpc) is 2.74. The molecule has 0 aliphatic carbocycles. The molecule has 5 heteroatoms. The number of nitrogens with one attached hydrogen (secondary N) is 1. The number of H-pyrrole nitrogens is 1. The molecular formula is C7H12N4O. The molecular weight excluding hydrogens is 156 g/mol. The Hall–Kier alpha value is -0.940. The highest BCUT2D eigenvalue weighted by Gasteiger charge is 2.30. The topological polar surface area (TPSA) is 76.8 Å². The van der Waals surface area contributed by atoms with E-state index < -0.39 is 0 Å². The minimum absolute atomic E-state index is 0.0255. The Bertz CT molecular complexity index is 236. The van der Waals surface area contributed by atoms with Gasteiger partial charge in [0.15, 0.2) is 5.82 Å². The van der Waals surface area contributed by atoms with Crippen molar-refractivity contribution in [3.8, 4) is 0 Å². The predicted octanol–water partition coefficient (Wildman–Crippen LogP) is -0.159. The van der Waals surface area contributed by atoms with E-state index in [0.29, 0.717) is 12.5 Å². The predicted molar refractivity (Wildman–Crippen MR) is 42.2 cm³/mol. The van der Waals surface area contributed by atoms with Crippen molar-refractivity contribution in [2.45, 2.75) is 12.5 Å². The lowest BCUT2D eigenvalue weighted by Gasteiger charge is -2.12. The van der Waals surface area contributed by atoms with Gasteiger partial charge in [0.1, 0.15) is 12.4 Å². The molecule has 1 saturated heterocycles. The van der Waals surface area contributed by atoms with Gasteiger partial charge in [-0.3, -0.25) is 5.10 Å². The molecule has 1 fully saturated rings. The molecule has 0 saturated carbocycles. The van der Waals surface area contributed by atoms with Crippen LogP contribution in [0.1, 0.15) is 18.3 Å². The highest BCUT2D eigenvalue weighted by molar-refractivity contribution is 4.94. The molecule has 1 aromatic heterocycles. The zero-order chi connectivity index (χ0) is 8.39. The van der Waals surface area contributed by atoms with Crippen LogP contribution in [0.5, 0.6) is 0 Å². The molecule has 2 atom stereocenters. The summed E-state index contributed by atoms with van der Waals surface area (Å²) in [6, 6.07) is 0. The molecule has 1 aliphatic heterocycles. The first-order valence-electron chi connectivity index (χ1n) is 4.08. The quantitative estimate of drug-likeness (QED) is 0.643. The van der Waals surface area contributed by atoms with Crippen LogP contribution in [0.2, 0.25) is 0 Å². The van der Waals surface area contributed by atoms with Crippen molar-refractivity contribution in [2.24, 2.45) is 11.7 Å². The Morgan fingerprint density at radius 1 is 1.75 bits per heavy atom. The molecule has 0 bridgehead atoms. The Balaban J connectivity index is 2.13. The van der Waals surface area contributed by atoms with Crippen LogP contribution in [0.4, 0.5) is 0 Å². The lowest BCUT2D eigenvalue weighted by atomic mass is 10.0. The number of nitrogens with two attached hydrogens (primary N) is 1. The van der Waals surface area contributed by atoms with E-state index in [-0.39, 0.29) is 6.10 Å². The summed E-state index contributed by atoms with van der Waals surface area (Å²) >= 11 is 0. The van der Waals surface area contributed by atoms with E-state index in [1.165, 1.54) is 6.33 Å². The molecule has 0 amide bonds. The summed E-state index contributed by atoms with van der Waals surface area (Å²) in [5, 5.41) is 6.58. The van der Waals surface area contributed by atoms with E-state index in [4.69, 9.17) is 10.5 Å². The molecule has 0 aromatic carbocycles. The molecule has 0 radical (unpaired) electrons. The van der Waals surface area contributed by atoms with Crippen molar-refractivity contribution in [1.29, 1.82) is 0 Å². The SMILES string of the molecule is NCC1CCOC1c1ncn[nH]1. The van der Waals surface area contributed by atoms with E-state index >= 15 is 0 Å². The molecule has 12 heavy (non-hydrogen) atoms. The van der Waals surface area contributed by atoms with Gasteiger partial charge in [-0.1, -0.05) is 0 Å². The Kier molecular flexibility index (Phi) is 2.05. The van der Waals surface area contributed by atoms with Crippen molar-refractivity contribution in [1.82, 2.24) is 15.2 Å². The zero-order valence-corrected chi connectivity index (χ0v) is 6.73. The summed E-state index contributed by atoms with van der Waals surface area (Å²) < 4.78 is 5.49. The fraction of sp³-hybridized carbons (Fsp3) is 0.714. The Morgan fingerprint density at radius 2 is 2.67 bits per heavy atom. The molecule has 0 spiro atoms. The second-order valence-corrected chi connectivity index (χ2v) is 2.95. The van der Waals surface area contributed by atoms with Gasteiger partial charge in [0, 0.05) is 12.5 Å². The highest BCUT2D eigenvalue weighted by Crippen LogP contribution is 2.31. The normalized spacial score (nSPS) is 29.4. The van der Waals surface area contributed by atoms with Gasteiger partial charge in [-0.05, 0) is 13.0 Å².